The third-order valence-electron chi connectivity index (χ3n) is 6.06. The molecule has 0 radical (unpaired) electrons. The van der Waals surface area contributed by atoms with Crippen molar-refractivity contribution >= 4 is 35.3 Å². The Hall–Kier alpha value is -4.08. The standard InChI is InChI=1S/C26H24ClN7O2/c1-17-23(18-5-4-6-19(27)15-18)32-34(16-35)24(17)25-29-10-9-21(30-25)26(36)31-20-7-2-3-8-22(20)33-13-11-28-12-14-33/h2-10,15-16,28H,11-14H2,1H3,(H,31,36). The van der Waals surface area contributed by atoms with Gasteiger partial charge in [0.25, 0.3) is 5.91 Å². The van der Waals surface area contributed by atoms with Crippen LogP contribution in [0.1, 0.15) is 16.1 Å². The van der Waals surface area contributed by atoms with Gasteiger partial charge in [-0.1, -0.05) is 35.9 Å². The van der Waals surface area contributed by atoms with Crippen molar-refractivity contribution < 1.29 is 9.59 Å². The van der Waals surface area contributed by atoms with E-state index >= 15 is 0 Å². The lowest BCUT2D eigenvalue weighted by atomic mass is 10.1. The zero-order chi connectivity index (χ0) is 25.1. The Morgan fingerprint density at radius 2 is 1.92 bits per heavy atom. The van der Waals surface area contributed by atoms with E-state index in [1.807, 2.05) is 43.3 Å². The second-order valence-electron chi connectivity index (χ2n) is 8.36. The molecule has 10 heteroatoms. The Balaban J connectivity index is 1.46. The van der Waals surface area contributed by atoms with Crippen LogP contribution in [-0.4, -0.2) is 58.2 Å². The van der Waals surface area contributed by atoms with Crippen LogP contribution in [0.5, 0.6) is 0 Å². The van der Waals surface area contributed by atoms with Gasteiger partial charge in [0.05, 0.1) is 17.1 Å². The molecule has 3 heterocycles. The molecule has 1 saturated heterocycles. The van der Waals surface area contributed by atoms with E-state index in [0.717, 1.165) is 37.4 Å². The first-order valence-electron chi connectivity index (χ1n) is 11.5. The molecule has 36 heavy (non-hydrogen) atoms. The van der Waals surface area contributed by atoms with Crippen molar-refractivity contribution in [3.63, 3.8) is 0 Å². The van der Waals surface area contributed by atoms with Crippen LogP contribution in [0.15, 0.2) is 60.8 Å². The Morgan fingerprint density at radius 3 is 2.69 bits per heavy atom. The van der Waals surface area contributed by atoms with Crippen molar-refractivity contribution in [1.29, 1.82) is 0 Å². The number of para-hydroxylation sites is 2. The fourth-order valence-corrected chi connectivity index (χ4v) is 4.51. The Morgan fingerprint density at radius 1 is 1.11 bits per heavy atom. The number of piperazine rings is 1. The summed E-state index contributed by atoms with van der Waals surface area (Å²) in [6.45, 7) is 5.32. The first kappa shape index (κ1) is 23.7. The van der Waals surface area contributed by atoms with Gasteiger partial charge in [0.2, 0.25) is 6.41 Å². The SMILES string of the molecule is Cc1c(-c2cccc(Cl)c2)nn(C=O)c1-c1nccc(C(=O)Nc2ccccc2N2CCNCC2)n1. The molecule has 2 aromatic heterocycles. The number of aromatic nitrogens is 4. The molecule has 2 aromatic carbocycles. The number of hydrogen-bond acceptors (Lipinski definition) is 7. The van der Waals surface area contributed by atoms with Gasteiger partial charge in [0.1, 0.15) is 11.4 Å². The van der Waals surface area contributed by atoms with Gasteiger partial charge in [-0.3, -0.25) is 9.59 Å². The molecule has 1 aliphatic rings. The summed E-state index contributed by atoms with van der Waals surface area (Å²) < 4.78 is 1.18. The first-order valence-corrected chi connectivity index (χ1v) is 11.9. The van der Waals surface area contributed by atoms with E-state index in [-0.39, 0.29) is 17.4 Å². The van der Waals surface area contributed by atoms with Crippen LogP contribution in [0.4, 0.5) is 11.4 Å². The highest BCUT2D eigenvalue weighted by molar-refractivity contribution is 6.30. The quantitative estimate of drug-likeness (QED) is 0.388. The van der Waals surface area contributed by atoms with Crippen molar-refractivity contribution in [3.8, 4) is 22.8 Å². The van der Waals surface area contributed by atoms with Crippen LogP contribution < -0.4 is 15.5 Å². The van der Waals surface area contributed by atoms with Crippen LogP contribution in [0, 0.1) is 6.92 Å². The summed E-state index contributed by atoms with van der Waals surface area (Å²) in [4.78, 5) is 36.1. The Bertz CT molecular complexity index is 1430. The van der Waals surface area contributed by atoms with Gasteiger partial charge >= 0.3 is 0 Å². The average molecular weight is 502 g/mol. The van der Waals surface area contributed by atoms with Crippen LogP contribution in [0.2, 0.25) is 5.02 Å². The van der Waals surface area contributed by atoms with E-state index in [4.69, 9.17) is 11.6 Å². The summed E-state index contributed by atoms with van der Waals surface area (Å²) in [6.07, 6.45) is 2.09. The van der Waals surface area contributed by atoms with Gasteiger partial charge in [-0.25, -0.2) is 9.97 Å². The topological polar surface area (TPSA) is 105 Å². The monoisotopic (exact) mass is 501 g/mol. The molecule has 9 nitrogen and oxygen atoms in total. The van der Waals surface area contributed by atoms with Gasteiger partial charge in [-0.2, -0.15) is 9.78 Å². The van der Waals surface area contributed by atoms with E-state index in [9.17, 15) is 9.59 Å². The minimum absolute atomic E-state index is 0.178. The van der Waals surface area contributed by atoms with Crippen LogP contribution >= 0.6 is 11.6 Å². The van der Waals surface area contributed by atoms with Crippen molar-refractivity contribution in [2.75, 3.05) is 36.4 Å². The largest absolute Gasteiger partial charge is 0.367 e. The Kier molecular flexibility index (Phi) is 6.75. The predicted octanol–water partition coefficient (Wildman–Crippen LogP) is 3.67. The average Bonchev–Trinajstić information content (AvgIpc) is 3.25. The number of carbonyl (C=O) groups is 2. The van der Waals surface area contributed by atoms with Gasteiger partial charge in [-0.05, 0) is 37.3 Å². The summed E-state index contributed by atoms with van der Waals surface area (Å²) in [5, 5.41) is 11.3. The molecule has 1 aliphatic heterocycles. The number of anilines is 2. The molecule has 1 amide bonds. The molecule has 2 N–H and O–H groups in total. The highest BCUT2D eigenvalue weighted by Gasteiger charge is 2.22. The maximum absolute atomic E-state index is 13.2. The van der Waals surface area contributed by atoms with E-state index in [0.29, 0.717) is 34.1 Å². The smallest absolute Gasteiger partial charge is 0.274 e. The number of nitrogens with one attached hydrogen (secondary N) is 2. The predicted molar refractivity (Wildman–Crippen MR) is 140 cm³/mol. The van der Waals surface area contributed by atoms with Crippen LogP contribution in [0.25, 0.3) is 22.8 Å². The molecule has 1 fully saturated rings. The molecule has 0 unspecified atom stereocenters. The summed E-state index contributed by atoms with van der Waals surface area (Å²) in [6, 6.07) is 16.5. The van der Waals surface area contributed by atoms with Crippen molar-refractivity contribution in [2.45, 2.75) is 6.92 Å². The molecule has 5 rings (SSSR count). The molecular formula is C26H24ClN7O2. The van der Waals surface area contributed by atoms with Crippen molar-refractivity contribution in [1.82, 2.24) is 25.1 Å². The number of carbonyl (C=O) groups excluding carboxylic acids is 2. The third-order valence-corrected chi connectivity index (χ3v) is 6.29. The molecular weight excluding hydrogens is 478 g/mol. The van der Waals surface area contributed by atoms with E-state index in [2.05, 4.69) is 30.6 Å². The molecule has 4 aromatic rings. The lowest BCUT2D eigenvalue weighted by Crippen LogP contribution is -2.43. The molecule has 0 spiro atoms. The zero-order valence-electron chi connectivity index (χ0n) is 19.6. The number of rotatable bonds is 6. The molecule has 0 saturated carbocycles. The summed E-state index contributed by atoms with van der Waals surface area (Å²) in [7, 11) is 0. The van der Waals surface area contributed by atoms with Crippen LogP contribution in [0.3, 0.4) is 0 Å². The number of hydrogen-bond donors (Lipinski definition) is 2. The minimum atomic E-state index is -0.369. The third kappa shape index (κ3) is 4.71. The normalized spacial score (nSPS) is 13.4. The lowest BCUT2D eigenvalue weighted by Gasteiger charge is -2.31. The van der Waals surface area contributed by atoms with Gasteiger partial charge in [0, 0.05) is 48.5 Å². The van der Waals surface area contributed by atoms with Gasteiger partial charge in [0.15, 0.2) is 5.82 Å². The highest BCUT2D eigenvalue weighted by atomic mass is 35.5. The highest BCUT2D eigenvalue weighted by Crippen LogP contribution is 2.31. The summed E-state index contributed by atoms with van der Waals surface area (Å²) >= 11 is 6.15. The maximum Gasteiger partial charge on any atom is 0.274 e. The van der Waals surface area contributed by atoms with Crippen LogP contribution in [-0.2, 0) is 4.79 Å². The Labute approximate surface area is 213 Å². The first-order chi connectivity index (χ1) is 17.5. The van der Waals surface area contributed by atoms with Crippen molar-refractivity contribution in [3.05, 3.63) is 77.1 Å². The minimum Gasteiger partial charge on any atom is -0.367 e. The maximum atomic E-state index is 13.2. The number of amides is 1. The number of halogens is 1. The summed E-state index contributed by atoms with van der Waals surface area (Å²) in [5.74, 6) is -0.144. The van der Waals surface area contributed by atoms with Gasteiger partial charge < -0.3 is 15.5 Å². The summed E-state index contributed by atoms with van der Waals surface area (Å²) in [5.41, 5.74) is 4.31. The fraction of sp³-hybridized carbons (Fsp3) is 0.192. The second-order valence-corrected chi connectivity index (χ2v) is 8.79. The fourth-order valence-electron chi connectivity index (χ4n) is 4.32. The lowest BCUT2D eigenvalue weighted by molar-refractivity contribution is 0.102. The second kappa shape index (κ2) is 10.3. The number of nitrogens with zero attached hydrogens (tertiary/aromatic N) is 5. The molecule has 0 bridgehead atoms. The van der Waals surface area contributed by atoms with E-state index in [1.54, 1.807) is 18.2 Å². The van der Waals surface area contributed by atoms with Crippen molar-refractivity contribution in [2.24, 2.45) is 0 Å². The molecule has 0 aliphatic carbocycles. The van der Waals surface area contributed by atoms with Gasteiger partial charge in [-0.15, -0.1) is 0 Å². The zero-order valence-corrected chi connectivity index (χ0v) is 20.4. The molecule has 0 atom stereocenters. The molecule has 182 valence electrons. The number of benzene rings is 2. The van der Waals surface area contributed by atoms with E-state index in [1.165, 1.54) is 10.9 Å². The van der Waals surface area contributed by atoms with E-state index < -0.39 is 0 Å².